The van der Waals surface area contributed by atoms with Gasteiger partial charge < -0.3 is 18.6 Å². The van der Waals surface area contributed by atoms with Crippen molar-refractivity contribution in [1.29, 1.82) is 0 Å². The zero-order valence-electron chi connectivity index (χ0n) is 18.7. The van der Waals surface area contributed by atoms with Crippen molar-refractivity contribution in [2.45, 2.75) is 25.9 Å². The highest BCUT2D eigenvalue weighted by atomic mass is 16.5. The van der Waals surface area contributed by atoms with E-state index in [-0.39, 0.29) is 0 Å². The number of esters is 2. The lowest BCUT2D eigenvalue weighted by Crippen LogP contribution is -2.09. The van der Waals surface area contributed by atoms with Crippen molar-refractivity contribution in [2.24, 2.45) is 0 Å². The second kappa shape index (κ2) is 11.6. The van der Waals surface area contributed by atoms with E-state index in [1.165, 1.54) is 12.4 Å². The van der Waals surface area contributed by atoms with E-state index in [2.05, 4.69) is 9.97 Å². The van der Waals surface area contributed by atoms with Crippen LogP contribution in [-0.4, -0.2) is 44.3 Å². The van der Waals surface area contributed by atoms with Crippen molar-refractivity contribution in [3.05, 3.63) is 96.8 Å². The molecule has 0 aliphatic carbocycles. The predicted octanol–water partition coefficient (Wildman–Crippen LogP) is 4.24. The molecule has 0 bridgehead atoms. The molecule has 0 saturated carbocycles. The maximum Gasteiger partial charge on any atom is 0.338 e. The monoisotopic (exact) mass is 458 g/mol. The number of pyridine rings is 2. The van der Waals surface area contributed by atoms with E-state index in [1.54, 1.807) is 24.3 Å². The minimum atomic E-state index is -0.422. The third-order valence-electron chi connectivity index (χ3n) is 5.17. The van der Waals surface area contributed by atoms with Crippen LogP contribution >= 0.6 is 0 Å². The third-order valence-corrected chi connectivity index (χ3v) is 5.17. The first-order chi connectivity index (χ1) is 16.7. The number of aryl methyl sites for hydroxylation is 2. The van der Waals surface area contributed by atoms with Crippen LogP contribution in [0.1, 0.15) is 33.6 Å². The molecule has 8 nitrogen and oxygen atoms in total. The van der Waals surface area contributed by atoms with Gasteiger partial charge in [0, 0.05) is 50.3 Å². The van der Waals surface area contributed by atoms with Gasteiger partial charge in [0.15, 0.2) is 0 Å². The minimum absolute atomic E-state index is 0.318. The van der Waals surface area contributed by atoms with Crippen LogP contribution in [0, 0.1) is 0 Å². The summed E-state index contributed by atoms with van der Waals surface area (Å²) < 4.78 is 14.8. The van der Waals surface area contributed by atoms with Gasteiger partial charge in [-0.2, -0.15) is 0 Å². The van der Waals surface area contributed by atoms with Gasteiger partial charge in [-0.3, -0.25) is 9.97 Å². The second-order valence-corrected chi connectivity index (χ2v) is 7.68. The highest BCUT2D eigenvalue weighted by molar-refractivity contribution is 5.92. The van der Waals surface area contributed by atoms with Gasteiger partial charge >= 0.3 is 11.9 Å². The molecule has 0 aliphatic rings. The number of carbonyl (C=O) groups excluding carboxylic acids is 2. The van der Waals surface area contributed by atoms with Crippen molar-refractivity contribution < 1.29 is 19.1 Å². The minimum Gasteiger partial charge on any atom is -0.462 e. The zero-order valence-corrected chi connectivity index (χ0v) is 18.7. The Morgan fingerprint density at radius 3 is 1.50 bits per heavy atom. The molecule has 4 rings (SSSR count). The molecule has 4 aromatic rings. The van der Waals surface area contributed by atoms with Gasteiger partial charge in [-0.15, -0.1) is 0 Å². The fourth-order valence-corrected chi connectivity index (χ4v) is 3.42. The zero-order chi connectivity index (χ0) is 23.6. The molecule has 0 atom stereocenters. The maximum atomic E-state index is 12.4. The quantitative estimate of drug-likeness (QED) is 0.247. The molecule has 0 aromatic carbocycles. The van der Waals surface area contributed by atoms with Gasteiger partial charge in [-0.1, -0.05) is 0 Å². The summed E-state index contributed by atoms with van der Waals surface area (Å²) in [6.45, 7) is 2.19. The van der Waals surface area contributed by atoms with Crippen LogP contribution in [0.2, 0.25) is 0 Å². The number of ether oxygens (including phenoxy) is 2. The molecule has 0 N–H and O–H groups in total. The number of carbonyl (C=O) groups is 2. The SMILES string of the molecule is O=C(OCCCn1cccc1)c1ccnc(-c2cc(C(=O)OCCCn3cccc3)ccn2)c1. The summed E-state index contributed by atoms with van der Waals surface area (Å²) in [5.74, 6) is -0.844. The van der Waals surface area contributed by atoms with Crippen molar-refractivity contribution in [3.63, 3.8) is 0 Å². The Balaban J connectivity index is 1.31. The van der Waals surface area contributed by atoms with Crippen LogP contribution in [-0.2, 0) is 22.6 Å². The first-order valence-corrected chi connectivity index (χ1v) is 11.2. The lowest BCUT2D eigenvalue weighted by molar-refractivity contribution is 0.0486. The fourth-order valence-electron chi connectivity index (χ4n) is 3.42. The van der Waals surface area contributed by atoms with E-state index in [4.69, 9.17) is 9.47 Å². The van der Waals surface area contributed by atoms with E-state index in [1.807, 2.05) is 58.2 Å². The van der Waals surface area contributed by atoms with E-state index >= 15 is 0 Å². The number of rotatable bonds is 11. The van der Waals surface area contributed by atoms with Gasteiger partial charge in [0.25, 0.3) is 0 Å². The molecule has 0 amide bonds. The number of nitrogens with zero attached hydrogens (tertiary/aromatic N) is 4. The van der Waals surface area contributed by atoms with Gasteiger partial charge in [0.1, 0.15) is 0 Å². The van der Waals surface area contributed by atoms with Crippen LogP contribution in [0.15, 0.2) is 85.7 Å². The molecule has 0 saturated heterocycles. The standard InChI is InChI=1S/C26H26N4O4/c31-25(33-17-5-15-29-11-1-2-12-29)21-7-9-27-23(19-21)24-20-22(8-10-28-24)26(32)34-18-6-16-30-13-3-4-14-30/h1-4,7-14,19-20H,5-6,15-18H2. The highest BCUT2D eigenvalue weighted by Crippen LogP contribution is 2.18. The molecular formula is C26H26N4O4. The summed E-state index contributed by atoms with van der Waals surface area (Å²) in [6.07, 6.45) is 12.4. The van der Waals surface area contributed by atoms with Crippen LogP contribution < -0.4 is 0 Å². The topological polar surface area (TPSA) is 88.2 Å². The summed E-state index contributed by atoms with van der Waals surface area (Å²) in [4.78, 5) is 33.5. The Kier molecular flexibility index (Phi) is 7.84. The Morgan fingerprint density at radius 1 is 0.676 bits per heavy atom. The largest absolute Gasteiger partial charge is 0.462 e. The molecule has 4 aromatic heterocycles. The molecule has 174 valence electrons. The summed E-state index contributed by atoms with van der Waals surface area (Å²) in [5, 5.41) is 0. The fraction of sp³-hybridized carbons (Fsp3) is 0.231. The number of aromatic nitrogens is 4. The van der Waals surface area contributed by atoms with Crippen LogP contribution in [0.25, 0.3) is 11.4 Å². The lowest BCUT2D eigenvalue weighted by Gasteiger charge is -2.08. The first kappa shape index (κ1) is 23.0. The smallest absolute Gasteiger partial charge is 0.338 e. The molecule has 34 heavy (non-hydrogen) atoms. The number of hydrogen-bond acceptors (Lipinski definition) is 6. The van der Waals surface area contributed by atoms with Gasteiger partial charge in [-0.25, -0.2) is 9.59 Å². The second-order valence-electron chi connectivity index (χ2n) is 7.68. The van der Waals surface area contributed by atoms with E-state index in [9.17, 15) is 9.59 Å². The Morgan fingerprint density at radius 2 is 1.09 bits per heavy atom. The Hall–Kier alpha value is -4.20. The summed E-state index contributed by atoms with van der Waals surface area (Å²) >= 11 is 0. The molecule has 0 radical (unpaired) electrons. The van der Waals surface area contributed by atoms with Crippen LogP contribution in [0.5, 0.6) is 0 Å². The molecule has 0 unspecified atom stereocenters. The summed E-state index contributed by atoms with van der Waals surface area (Å²) in [7, 11) is 0. The number of hydrogen-bond donors (Lipinski definition) is 0. The van der Waals surface area contributed by atoms with Crippen LogP contribution in [0.3, 0.4) is 0 Å². The average Bonchev–Trinajstić information content (AvgIpc) is 3.59. The van der Waals surface area contributed by atoms with Crippen molar-refractivity contribution in [3.8, 4) is 11.4 Å². The maximum absolute atomic E-state index is 12.4. The third kappa shape index (κ3) is 6.41. The van der Waals surface area contributed by atoms with E-state index in [0.29, 0.717) is 35.7 Å². The Bertz CT molecular complexity index is 1110. The molecule has 0 spiro atoms. The summed E-state index contributed by atoms with van der Waals surface area (Å²) in [6, 6.07) is 14.3. The molecule has 8 heteroatoms. The van der Waals surface area contributed by atoms with Gasteiger partial charge in [0.05, 0.1) is 35.7 Å². The average molecular weight is 459 g/mol. The van der Waals surface area contributed by atoms with Crippen LogP contribution in [0.4, 0.5) is 0 Å². The first-order valence-electron chi connectivity index (χ1n) is 11.2. The molecule has 0 fully saturated rings. The molecule has 0 aliphatic heterocycles. The van der Waals surface area contributed by atoms with Crippen molar-refractivity contribution in [1.82, 2.24) is 19.1 Å². The summed E-state index contributed by atoms with van der Waals surface area (Å²) in [5.41, 5.74) is 1.71. The van der Waals surface area contributed by atoms with Gasteiger partial charge in [-0.05, 0) is 61.4 Å². The molecule has 4 heterocycles. The normalized spacial score (nSPS) is 10.7. The van der Waals surface area contributed by atoms with E-state index in [0.717, 1.165) is 25.9 Å². The van der Waals surface area contributed by atoms with Crippen molar-refractivity contribution in [2.75, 3.05) is 13.2 Å². The van der Waals surface area contributed by atoms with Gasteiger partial charge in [0.2, 0.25) is 0 Å². The van der Waals surface area contributed by atoms with Crippen molar-refractivity contribution >= 4 is 11.9 Å². The van der Waals surface area contributed by atoms with E-state index < -0.39 is 11.9 Å². The predicted molar refractivity (Wildman–Crippen MR) is 126 cm³/mol. The molecular weight excluding hydrogens is 432 g/mol. The lowest BCUT2D eigenvalue weighted by atomic mass is 10.1. The highest BCUT2D eigenvalue weighted by Gasteiger charge is 2.13. The Labute approximate surface area is 197 Å².